The van der Waals surface area contributed by atoms with Crippen LogP contribution in [0.15, 0.2) is 36.8 Å². The number of hydrogen-bond acceptors (Lipinski definition) is 6. The van der Waals surface area contributed by atoms with Crippen LogP contribution in [0.5, 0.6) is 0 Å². The van der Waals surface area contributed by atoms with Crippen LogP contribution < -0.4 is 10.8 Å². The number of esters is 1. The summed E-state index contributed by atoms with van der Waals surface area (Å²) in [6.07, 6.45) is 5.14. The van der Waals surface area contributed by atoms with Gasteiger partial charge in [-0.05, 0) is 44.0 Å². The second-order valence-electron chi connectivity index (χ2n) is 6.21. The van der Waals surface area contributed by atoms with Crippen LogP contribution in [0.1, 0.15) is 38.8 Å². The Kier molecular flexibility index (Phi) is 5.60. The second kappa shape index (κ2) is 8.10. The number of anilines is 2. The third-order valence-electron chi connectivity index (χ3n) is 4.38. The molecule has 0 atom stereocenters. The van der Waals surface area contributed by atoms with Crippen molar-refractivity contribution in [3.05, 3.63) is 59.0 Å². The molecule has 0 saturated heterocycles. The molecule has 3 rings (SSSR count). The van der Waals surface area contributed by atoms with Gasteiger partial charge >= 0.3 is 5.97 Å². The minimum Gasteiger partial charge on any atom is -0.462 e. The molecular formula is C20H22N4O4. The first-order valence-electron chi connectivity index (χ1n) is 8.80. The molecule has 146 valence electrons. The van der Waals surface area contributed by atoms with Crippen LogP contribution in [0.3, 0.4) is 0 Å². The Hall–Kier alpha value is -3.39. The van der Waals surface area contributed by atoms with Gasteiger partial charge in [0.1, 0.15) is 0 Å². The fourth-order valence-electron chi connectivity index (χ4n) is 2.96. The average Bonchev–Trinajstić information content (AvgIpc) is 3.02. The minimum absolute atomic E-state index is 0.309. The summed E-state index contributed by atoms with van der Waals surface area (Å²) in [5.41, 5.74) is 6.42. The van der Waals surface area contributed by atoms with E-state index in [0.717, 1.165) is 22.3 Å². The second-order valence-corrected chi connectivity index (χ2v) is 6.21. The molecule has 0 unspecified atom stereocenters. The number of benzene rings is 1. The number of carbonyl (C=O) groups excluding carboxylic acids is 2. The van der Waals surface area contributed by atoms with E-state index < -0.39 is 0 Å². The van der Waals surface area contributed by atoms with E-state index in [4.69, 9.17) is 4.74 Å². The molecule has 0 bridgehead atoms. The minimum atomic E-state index is -0.371. The molecule has 28 heavy (non-hydrogen) atoms. The highest BCUT2D eigenvalue weighted by Crippen LogP contribution is 2.28. The van der Waals surface area contributed by atoms with Gasteiger partial charge in [-0.25, -0.2) is 15.3 Å². The van der Waals surface area contributed by atoms with Crippen LogP contribution in [0, 0.1) is 13.8 Å². The number of amides is 1. The number of fused-ring (bicyclic) bond motifs is 1. The molecule has 1 aromatic carbocycles. The number of hydroxylamine groups is 1. The Bertz CT molecular complexity index is 1040. The summed E-state index contributed by atoms with van der Waals surface area (Å²) in [6, 6.07) is 5.27. The predicted molar refractivity (Wildman–Crippen MR) is 105 cm³/mol. The van der Waals surface area contributed by atoms with Crippen molar-refractivity contribution >= 4 is 28.9 Å². The third kappa shape index (κ3) is 3.67. The van der Waals surface area contributed by atoms with Crippen molar-refractivity contribution in [1.82, 2.24) is 14.9 Å². The Balaban J connectivity index is 2.02. The summed E-state index contributed by atoms with van der Waals surface area (Å²) in [7, 11) is 1.38. The van der Waals surface area contributed by atoms with Gasteiger partial charge in [0.2, 0.25) is 0 Å². The predicted octanol–water partition coefficient (Wildman–Crippen LogP) is 3.16. The number of nitrogens with one attached hydrogen (secondary N) is 2. The van der Waals surface area contributed by atoms with E-state index >= 15 is 0 Å². The molecule has 2 aromatic heterocycles. The zero-order chi connectivity index (χ0) is 20.3. The van der Waals surface area contributed by atoms with Gasteiger partial charge in [0.25, 0.3) is 5.91 Å². The molecule has 0 aliphatic rings. The summed E-state index contributed by atoms with van der Waals surface area (Å²) in [6.45, 7) is 5.86. The fraction of sp³-hybridized carbons (Fsp3) is 0.250. The maximum absolute atomic E-state index is 12.2. The topological polar surface area (TPSA) is 94.0 Å². The highest BCUT2D eigenvalue weighted by atomic mass is 16.6. The lowest BCUT2D eigenvalue weighted by atomic mass is 10.1. The molecule has 0 spiro atoms. The quantitative estimate of drug-likeness (QED) is 0.502. The number of rotatable bonds is 6. The lowest BCUT2D eigenvalue weighted by Crippen LogP contribution is -2.21. The van der Waals surface area contributed by atoms with Crippen LogP contribution >= 0.6 is 0 Å². The average molecular weight is 382 g/mol. The van der Waals surface area contributed by atoms with Crippen LogP contribution in [-0.2, 0) is 9.57 Å². The van der Waals surface area contributed by atoms with Crippen LogP contribution in [0.2, 0.25) is 0 Å². The normalized spacial score (nSPS) is 10.7. The van der Waals surface area contributed by atoms with E-state index in [-0.39, 0.29) is 11.9 Å². The number of carbonyl (C=O) groups is 2. The SMILES string of the molecule is CCOC(=O)c1cn2ccnc(Nc3cc(C(=O)NOC)ccc3C)c2c1C. The van der Waals surface area contributed by atoms with Gasteiger partial charge in [-0.15, -0.1) is 0 Å². The van der Waals surface area contributed by atoms with Crippen molar-refractivity contribution in [1.29, 1.82) is 0 Å². The summed E-state index contributed by atoms with van der Waals surface area (Å²) in [5, 5.41) is 3.27. The van der Waals surface area contributed by atoms with E-state index in [1.165, 1.54) is 7.11 Å². The van der Waals surface area contributed by atoms with Crippen molar-refractivity contribution in [3.63, 3.8) is 0 Å². The van der Waals surface area contributed by atoms with Crippen LogP contribution in [-0.4, -0.2) is 35.0 Å². The van der Waals surface area contributed by atoms with Crippen LogP contribution in [0.4, 0.5) is 11.5 Å². The van der Waals surface area contributed by atoms with Gasteiger partial charge in [-0.3, -0.25) is 9.63 Å². The number of aryl methyl sites for hydroxylation is 2. The van der Waals surface area contributed by atoms with E-state index in [1.54, 1.807) is 37.6 Å². The molecule has 2 heterocycles. The van der Waals surface area contributed by atoms with Crippen LogP contribution in [0.25, 0.3) is 5.52 Å². The highest BCUT2D eigenvalue weighted by Gasteiger charge is 2.18. The number of ether oxygens (including phenoxy) is 1. The third-order valence-corrected chi connectivity index (χ3v) is 4.38. The van der Waals surface area contributed by atoms with Gasteiger partial charge < -0.3 is 14.5 Å². The Labute approximate surface area is 162 Å². The number of aromatic nitrogens is 2. The van der Waals surface area contributed by atoms with Gasteiger partial charge in [-0.1, -0.05) is 6.07 Å². The van der Waals surface area contributed by atoms with Gasteiger partial charge in [-0.2, -0.15) is 0 Å². The van der Waals surface area contributed by atoms with E-state index in [2.05, 4.69) is 20.6 Å². The summed E-state index contributed by atoms with van der Waals surface area (Å²) < 4.78 is 6.96. The van der Waals surface area contributed by atoms with Crippen molar-refractivity contribution in [2.24, 2.45) is 0 Å². The number of nitrogens with zero attached hydrogens (tertiary/aromatic N) is 2. The Morgan fingerprint density at radius 3 is 2.75 bits per heavy atom. The Morgan fingerprint density at radius 1 is 1.25 bits per heavy atom. The van der Waals surface area contributed by atoms with E-state index in [9.17, 15) is 9.59 Å². The monoisotopic (exact) mass is 382 g/mol. The van der Waals surface area contributed by atoms with Crippen molar-refractivity contribution in [3.8, 4) is 0 Å². The molecule has 8 nitrogen and oxygen atoms in total. The maximum atomic E-state index is 12.2. The molecule has 1 amide bonds. The zero-order valence-electron chi connectivity index (χ0n) is 16.2. The van der Waals surface area contributed by atoms with Crippen molar-refractivity contribution < 1.29 is 19.2 Å². The molecule has 0 fully saturated rings. The first-order valence-corrected chi connectivity index (χ1v) is 8.80. The molecule has 0 saturated carbocycles. The first-order chi connectivity index (χ1) is 13.5. The van der Waals surface area contributed by atoms with Gasteiger partial charge in [0.15, 0.2) is 5.82 Å². The zero-order valence-corrected chi connectivity index (χ0v) is 16.2. The standard InChI is InChI=1S/C20H22N4O4/c1-5-28-20(26)15-11-24-9-8-21-18(17(24)13(15)3)22-16-10-14(7-6-12(16)2)19(25)23-27-4/h6-11H,5H2,1-4H3,(H,21,22)(H,23,25). The maximum Gasteiger partial charge on any atom is 0.339 e. The van der Waals surface area contributed by atoms with Crippen molar-refractivity contribution in [2.45, 2.75) is 20.8 Å². The van der Waals surface area contributed by atoms with Crippen molar-refractivity contribution in [2.75, 3.05) is 19.0 Å². The smallest absolute Gasteiger partial charge is 0.339 e. The molecule has 3 aromatic rings. The molecular weight excluding hydrogens is 360 g/mol. The Morgan fingerprint density at radius 2 is 2.04 bits per heavy atom. The highest BCUT2D eigenvalue weighted by molar-refractivity contribution is 5.97. The number of hydrogen-bond donors (Lipinski definition) is 2. The first kappa shape index (κ1) is 19.4. The largest absolute Gasteiger partial charge is 0.462 e. The summed E-state index contributed by atoms with van der Waals surface area (Å²) in [5.74, 6) is -0.146. The lowest BCUT2D eigenvalue weighted by molar-refractivity contribution is 0.0523. The molecule has 0 radical (unpaired) electrons. The molecule has 8 heteroatoms. The fourth-order valence-corrected chi connectivity index (χ4v) is 2.96. The summed E-state index contributed by atoms with van der Waals surface area (Å²) >= 11 is 0. The molecule has 0 aliphatic carbocycles. The molecule has 0 aliphatic heterocycles. The lowest BCUT2D eigenvalue weighted by Gasteiger charge is -2.12. The van der Waals surface area contributed by atoms with Gasteiger partial charge in [0.05, 0.1) is 24.8 Å². The summed E-state index contributed by atoms with van der Waals surface area (Å²) in [4.78, 5) is 33.3. The van der Waals surface area contributed by atoms with E-state index in [0.29, 0.717) is 23.6 Å². The van der Waals surface area contributed by atoms with Gasteiger partial charge in [0, 0.05) is 29.8 Å². The van der Waals surface area contributed by atoms with E-state index in [1.807, 2.05) is 24.3 Å². The molecule has 2 N–H and O–H groups in total.